The van der Waals surface area contributed by atoms with Crippen molar-refractivity contribution in [3.05, 3.63) is 40.9 Å². The molecule has 0 bridgehead atoms. The van der Waals surface area contributed by atoms with Gasteiger partial charge >= 0.3 is 7.12 Å². The lowest BCUT2D eigenvalue weighted by atomic mass is 9.76. The van der Waals surface area contributed by atoms with Crippen molar-refractivity contribution in [2.24, 2.45) is 0 Å². The summed E-state index contributed by atoms with van der Waals surface area (Å²) < 4.78 is 13.4. The highest BCUT2D eigenvalue weighted by Crippen LogP contribution is 2.37. The predicted octanol–water partition coefficient (Wildman–Crippen LogP) is 3.90. The lowest BCUT2D eigenvalue weighted by molar-refractivity contribution is 0.00578. The van der Waals surface area contributed by atoms with Gasteiger partial charge in [-0.1, -0.05) is 46.3 Å². The van der Waals surface area contributed by atoms with Crippen molar-refractivity contribution in [3.8, 4) is 0 Å². The smallest absolute Gasteiger partial charge is 0.399 e. The third-order valence-electron chi connectivity index (χ3n) is 4.39. The summed E-state index contributed by atoms with van der Waals surface area (Å²) in [7, 11) is -0.331. The van der Waals surface area contributed by atoms with Crippen LogP contribution >= 0.6 is 15.9 Å². The molecule has 2 aromatic rings. The van der Waals surface area contributed by atoms with Crippen LogP contribution in [0.15, 0.2) is 40.9 Å². The fraction of sp³-hybridized carbons (Fsp3) is 0.375. The molecule has 1 aliphatic heterocycles. The first-order valence-corrected chi connectivity index (χ1v) is 7.64. The van der Waals surface area contributed by atoms with Crippen LogP contribution in [0.25, 0.3) is 10.8 Å². The Labute approximate surface area is 128 Å². The summed E-state index contributed by atoms with van der Waals surface area (Å²) in [6.45, 7) is 8.31. The number of fused-ring (bicyclic) bond motifs is 1. The molecule has 0 unspecified atom stereocenters. The monoisotopic (exact) mass is 332 g/mol. The number of hydrogen-bond acceptors (Lipinski definition) is 2. The Hall–Kier alpha value is -0.835. The van der Waals surface area contributed by atoms with Crippen molar-refractivity contribution < 1.29 is 9.31 Å². The molecule has 0 aromatic heterocycles. The maximum atomic E-state index is 6.17. The third-order valence-corrected chi connectivity index (χ3v) is 5.05. The van der Waals surface area contributed by atoms with Gasteiger partial charge in [0, 0.05) is 4.47 Å². The summed E-state index contributed by atoms with van der Waals surface area (Å²) in [4.78, 5) is 0. The highest BCUT2D eigenvalue weighted by atomic mass is 79.9. The molecule has 0 radical (unpaired) electrons. The van der Waals surface area contributed by atoms with Gasteiger partial charge in [0.25, 0.3) is 0 Å². The number of halogens is 1. The van der Waals surface area contributed by atoms with Crippen LogP contribution in [0.2, 0.25) is 0 Å². The van der Waals surface area contributed by atoms with Crippen molar-refractivity contribution in [1.29, 1.82) is 0 Å². The molecule has 1 fully saturated rings. The summed E-state index contributed by atoms with van der Waals surface area (Å²) in [6, 6.07) is 12.4. The van der Waals surface area contributed by atoms with Crippen LogP contribution in [-0.2, 0) is 9.31 Å². The lowest BCUT2D eigenvalue weighted by Gasteiger charge is -2.32. The van der Waals surface area contributed by atoms with Gasteiger partial charge in [-0.05, 0) is 50.0 Å². The first kappa shape index (κ1) is 14.1. The molecule has 20 heavy (non-hydrogen) atoms. The molecule has 2 aromatic carbocycles. The Morgan fingerprint density at radius 3 is 2.05 bits per heavy atom. The van der Waals surface area contributed by atoms with E-state index in [1.807, 2.05) is 6.07 Å². The Kier molecular flexibility index (Phi) is 3.24. The maximum absolute atomic E-state index is 6.17. The summed E-state index contributed by atoms with van der Waals surface area (Å²) >= 11 is 3.64. The number of hydrogen-bond donors (Lipinski definition) is 0. The molecule has 0 amide bonds. The molecule has 1 heterocycles. The van der Waals surface area contributed by atoms with E-state index in [2.05, 4.69) is 74.0 Å². The van der Waals surface area contributed by atoms with Gasteiger partial charge in [-0.3, -0.25) is 0 Å². The van der Waals surface area contributed by atoms with Gasteiger partial charge in [0.05, 0.1) is 11.2 Å². The minimum atomic E-state index is -0.331. The van der Waals surface area contributed by atoms with E-state index < -0.39 is 0 Å². The second kappa shape index (κ2) is 4.59. The van der Waals surface area contributed by atoms with Crippen molar-refractivity contribution >= 4 is 39.3 Å². The normalized spacial score (nSPS) is 20.6. The zero-order valence-corrected chi connectivity index (χ0v) is 13.8. The molecule has 0 N–H and O–H groups in total. The van der Waals surface area contributed by atoms with Gasteiger partial charge in [0.15, 0.2) is 0 Å². The van der Waals surface area contributed by atoms with E-state index in [0.29, 0.717) is 0 Å². The van der Waals surface area contributed by atoms with E-state index in [4.69, 9.17) is 9.31 Å². The fourth-order valence-electron chi connectivity index (χ4n) is 2.49. The van der Waals surface area contributed by atoms with Crippen LogP contribution < -0.4 is 5.46 Å². The van der Waals surface area contributed by atoms with Gasteiger partial charge in [-0.25, -0.2) is 0 Å². The predicted molar refractivity (Wildman–Crippen MR) is 87.4 cm³/mol. The Balaban J connectivity index is 2.13. The van der Waals surface area contributed by atoms with Crippen LogP contribution in [0.5, 0.6) is 0 Å². The molecule has 0 saturated carbocycles. The topological polar surface area (TPSA) is 18.5 Å². The highest BCUT2D eigenvalue weighted by molar-refractivity contribution is 9.10. The number of rotatable bonds is 1. The van der Waals surface area contributed by atoms with Crippen molar-refractivity contribution in [1.82, 2.24) is 0 Å². The van der Waals surface area contributed by atoms with Crippen LogP contribution in [0.1, 0.15) is 27.7 Å². The number of benzene rings is 2. The molecule has 4 heteroatoms. The quantitative estimate of drug-likeness (QED) is 0.737. The molecule has 1 saturated heterocycles. The van der Waals surface area contributed by atoms with E-state index in [1.165, 1.54) is 5.39 Å². The van der Waals surface area contributed by atoms with Gasteiger partial charge in [0.2, 0.25) is 0 Å². The Morgan fingerprint density at radius 2 is 1.45 bits per heavy atom. The molecule has 0 atom stereocenters. The fourth-order valence-corrected chi connectivity index (χ4v) is 3.10. The van der Waals surface area contributed by atoms with E-state index in [-0.39, 0.29) is 18.3 Å². The molecule has 3 rings (SSSR count). The molecule has 104 valence electrons. The zero-order chi connectivity index (χ0) is 14.5. The molecular formula is C16H18BBrO2. The first-order valence-electron chi connectivity index (χ1n) is 6.85. The molecule has 2 nitrogen and oxygen atoms in total. The molecule has 0 spiro atoms. The largest absolute Gasteiger partial charge is 0.495 e. The van der Waals surface area contributed by atoms with Crippen LogP contribution in [0.3, 0.4) is 0 Å². The van der Waals surface area contributed by atoms with Crippen molar-refractivity contribution in [3.63, 3.8) is 0 Å². The van der Waals surface area contributed by atoms with E-state index in [9.17, 15) is 0 Å². The minimum Gasteiger partial charge on any atom is -0.399 e. The van der Waals surface area contributed by atoms with E-state index in [1.54, 1.807) is 0 Å². The SMILES string of the molecule is CC1(C)OB(c2cccc3cccc(Br)c23)OC1(C)C. The minimum absolute atomic E-state index is 0.318. The highest BCUT2D eigenvalue weighted by Gasteiger charge is 2.52. The van der Waals surface area contributed by atoms with Gasteiger partial charge < -0.3 is 9.31 Å². The van der Waals surface area contributed by atoms with Gasteiger partial charge in [-0.15, -0.1) is 0 Å². The van der Waals surface area contributed by atoms with Crippen molar-refractivity contribution in [2.45, 2.75) is 38.9 Å². The van der Waals surface area contributed by atoms with Crippen LogP contribution in [-0.4, -0.2) is 18.3 Å². The molecule has 1 aliphatic rings. The maximum Gasteiger partial charge on any atom is 0.495 e. The zero-order valence-electron chi connectivity index (χ0n) is 12.2. The van der Waals surface area contributed by atoms with Crippen molar-refractivity contribution in [2.75, 3.05) is 0 Å². The molecular weight excluding hydrogens is 315 g/mol. The third kappa shape index (κ3) is 2.10. The second-order valence-corrected chi connectivity index (χ2v) is 7.13. The summed E-state index contributed by atoms with van der Waals surface area (Å²) in [5, 5.41) is 2.35. The standard InChI is InChI=1S/C16H18BBrO2/c1-15(2)16(3,4)20-17(19-15)12-9-5-7-11-8-6-10-13(18)14(11)12/h5-10H,1-4H3. The Morgan fingerprint density at radius 1 is 0.900 bits per heavy atom. The Bertz CT molecular complexity index is 645. The van der Waals surface area contributed by atoms with Gasteiger partial charge in [0.1, 0.15) is 0 Å². The second-order valence-electron chi connectivity index (χ2n) is 6.27. The van der Waals surface area contributed by atoms with Crippen LogP contribution in [0, 0.1) is 0 Å². The van der Waals surface area contributed by atoms with Gasteiger partial charge in [-0.2, -0.15) is 0 Å². The average molecular weight is 333 g/mol. The first-order chi connectivity index (χ1) is 9.32. The summed E-state index contributed by atoms with van der Waals surface area (Å²) in [6.07, 6.45) is 0. The summed E-state index contributed by atoms with van der Waals surface area (Å²) in [5.41, 5.74) is 0.441. The van der Waals surface area contributed by atoms with Crippen LogP contribution in [0.4, 0.5) is 0 Å². The lowest BCUT2D eigenvalue weighted by Crippen LogP contribution is -2.41. The van der Waals surface area contributed by atoms with E-state index >= 15 is 0 Å². The summed E-state index contributed by atoms with van der Waals surface area (Å²) in [5.74, 6) is 0. The average Bonchev–Trinajstić information content (AvgIpc) is 2.58. The van der Waals surface area contributed by atoms with E-state index in [0.717, 1.165) is 15.3 Å². The molecule has 0 aliphatic carbocycles.